The molecule has 1 rings (SSSR count). The van der Waals surface area contributed by atoms with Crippen LogP contribution in [0.5, 0.6) is 0 Å². The van der Waals surface area contributed by atoms with Crippen LogP contribution < -0.4 is 0 Å². The number of nitrogens with zero attached hydrogens (tertiary/aromatic N) is 1. The number of rotatable bonds is 0. The van der Waals surface area contributed by atoms with Gasteiger partial charge >= 0.3 is 0 Å². The maximum absolute atomic E-state index is 10.5. The van der Waals surface area contributed by atoms with Crippen molar-refractivity contribution in [2.24, 2.45) is 0 Å². The van der Waals surface area contributed by atoms with Gasteiger partial charge in [0.2, 0.25) is 22.9 Å². The fourth-order valence-corrected chi connectivity index (χ4v) is 1.09. The molecule has 0 atom stereocenters. The SMILES string of the molecule is [O-][N+]1(I)CCC1. The molecule has 2 nitrogen and oxygen atoms in total. The van der Waals surface area contributed by atoms with Crippen molar-refractivity contribution >= 4 is 22.9 Å². The van der Waals surface area contributed by atoms with E-state index in [0.717, 1.165) is 19.5 Å². The van der Waals surface area contributed by atoms with Gasteiger partial charge in [0.15, 0.2) is 0 Å². The molecule has 1 fully saturated rings. The lowest BCUT2D eigenvalue weighted by atomic mass is 10.3. The predicted molar refractivity (Wildman–Crippen MR) is 32.0 cm³/mol. The molecule has 0 amide bonds. The molecule has 1 heterocycles. The average molecular weight is 199 g/mol. The van der Waals surface area contributed by atoms with Gasteiger partial charge in [-0.1, -0.05) is 0 Å². The molecule has 0 aromatic carbocycles. The zero-order chi connectivity index (χ0) is 4.62. The van der Waals surface area contributed by atoms with Crippen molar-refractivity contribution in [2.45, 2.75) is 6.42 Å². The average Bonchev–Trinajstić information content (AvgIpc) is 1.32. The third-order valence-corrected chi connectivity index (χ3v) is 1.95. The Morgan fingerprint density at radius 2 is 1.83 bits per heavy atom. The van der Waals surface area contributed by atoms with Crippen molar-refractivity contribution in [1.29, 1.82) is 0 Å². The van der Waals surface area contributed by atoms with E-state index in [1.807, 2.05) is 22.9 Å². The summed E-state index contributed by atoms with van der Waals surface area (Å²) in [6.45, 7) is 1.64. The highest BCUT2D eigenvalue weighted by molar-refractivity contribution is 14.1. The van der Waals surface area contributed by atoms with Crippen LogP contribution in [-0.2, 0) is 0 Å². The van der Waals surface area contributed by atoms with Gasteiger partial charge in [0, 0.05) is 6.42 Å². The van der Waals surface area contributed by atoms with E-state index in [9.17, 15) is 5.21 Å². The Labute approximate surface area is 50.8 Å². The number of hydrogen-bond donors (Lipinski definition) is 0. The molecule has 0 aliphatic carbocycles. The van der Waals surface area contributed by atoms with Crippen LogP contribution in [0.3, 0.4) is 0 Å². The molecular weight excluding hydrogens is 193 g/mol. The molecule has 1 saturated heterocycles. The highest BCUT2D eigenvalue weighted by Gasteiger charge is 2.22. The Bertz CT molecular complexity index is 57.8. The van der Waals surface area contributed by atoms with E-state index in [0.29, 0.717) is 0 Å². The maximum atomic E-state index is 10.5. The van der Waals surface area contributed by atoms with Crippen LogP contribution in [0.25, 0.3) is 0 Å². The molecule has 0 radical (unpaired) electrons. The highest BCUT2D eigenvalue weighted by Crippen LogP contribution is 2.23. The third kappa shape index (κ3) is 0.828. The van der Waals surface area contributed by atoms with Gasteiger partial charge < -0.3 is 8.07 Å². The molecule has 0 aromatic heterocycles. The summed E-state index contributed by atoms with van der Waals surface area (Å²) in [5, 5.41) is 10.5. The summed E-state index contributed by atoms with van der Waals surface area (Å²) in [7, 11) is 0. The van der Waals surface area contributed by atoms with E-state index in [2.05, 4.69) is 0 Å². The van der Waals surface area contributed by atoms with Crippen molar-refractivity contribution in [3.8, 4) is 0 Å². The van der Waals surface area contributed by atoms with Gasteiger partial charge in [-0.15, -0.1) is 0 Å². The summed E-state index contributed by atoms with van der Waals surface area (Å²) in [4.78, 5) is 0. The second kappa shape index (κ2) is 1.31. The number of hydrogen-bond acceptors (Lipinski definition) is 1. The van der Waals surface area contributed by atoms with Crippen molar-refractivity contribution in [3.05, 3.63) is 5.21 Å². The fraction of sp³-hybridized carbons (Fsp3) is 1.00. The van der Waals surface area contributed by atoms with Crippen LogP contribution >= 0.6 is 22.9 Å². The van der Waals surface area contributed by atoms with Gasteiger partial charge in [0.05, 0.1) is 13.1 Å². The zero-order valence-corrected chi connectivity index (χ0v) is 5.51. The lowest BCUT2D eigenvalue weighted by Gasteiger charge is -2.42. The van der Waals surface area contributed by atoms with Crippen molar-refractivity contribution in [3.63, 3.8) is 0 Å². The molecule has 0 bridgehead atoms. The quantitative estimate of drug-likeness (QED) is 0.325. The molecule has 6 heavy (non-hydrogen) atoms. The van der Waals surface area contributed by atoms with Gasteiger partial charge in [-0.3, -0.25) is 0 Å². The molecule has 0 N–H and O–H groups in total. The molecule has 0 saturated carbocycles. The first-order valence-electron chi connectivity index (χ1n) is 1.98. The first-order chi connectivity index (χ1) is 2.71. The van der Waals surface area contributed by atoms with Crippen molar-refractivity contribution < 1.29 is 2.86 Å². The lowest BCUT2D eigenvalue weighted by molar-refractivity contribution is -0.744. The molecule has 0 spiro atoms. The number of quaternary nitrogens is 1. The Morgan fingerprint density at radius 3 is 1.83 bits per heavy atom. The smallest absolute Gasteiger partial charge is 0.249 e. The van der Waals surface area contributed by atoms with E-state index in [1.165, 1.54) is 0 Å². The second-order valence-corrected chi connectivity index (χ2v) is 3.35. The molecule has 3 heteroatoms. The Morgan fingerprint density at radius 1 is 1.50 bits per heavy atom. The summed E-state index contributed by atoms with van der Waals surface area (Å²) in [6.07, 6.45) is 1.12. The first kappa shape index (κ1) is 4.80. The standard InChI is InChI=1S/C3H6INO/c4-5(6)2-1-3-5/h1-3H2. The molecular formula is C3H6INO. The summed E-state index contributed by atoms with van der Waals surface area (Å²) in [5.41, 5.74) is 0. The molecule has 1 aliphatic heterocycles. The van der Waals surface area contributed by atoms with Gasteiger partial charge in [-0.2, -0.15) is 0 Å². The highest BCUT2D eigenvalue weighted by atomic mass is 127. The number of halogens is 1. The van der Waals surface area contributed by atoms with Gasteiger partial charge in [-0.05, 0) is 0 Å². The Kier molecular flexibility index (Phi) is 1.05. The maximum Gasteiger partial charge on any atom is 0.249 e. The molecule has 1 aliphatic rings. The Balaban J connectivity index is 2.31. The molecule has 0 aromatic rings. The minimum Gasteiger partial charge on any atom is -0.625 e. The predicted octanol–water partition coefficient (Wildman–Crippen LogP) is 1.05. The lowest BCUT2D eigenvalue weighted by Crippen LogP contribution is -2.43. The van der Waals surface area contributed by atoms with Gasteiger partial charge in [0.1, 0.15) is 0 Å². The van der Waals surface area contributed by atoms with E-state index >= 15 is 0 Å². The molecule has 36 valence electrons. The molecule has 0 unspecified atom stereocenters. The second-order valence-electron chi connectivity index (χ2n) is 1.59. The van der Waals surface area contributed by atoms with Crippen LogP contribution in [0.15, 0.2) is 0 Å². The van der Waals surface area contributed by atoms with E-state index in [-0.39, 0.29) is 2.86 Å². The summed E-state index contributed by atoms with van der Waals surface area (Å²) < 4.78 is -0.0300. The van der Waals surface area contributed by atoms with Crippen LogP contribution in [0.1, 0.15) is 6.42 Å². The summed E-state index contributed by atoms with van der Waals surface area (Å²) in [6, 6.07) is 0. The summed E-state index contributed by atoms with van der Waals surface area (Å²) >= 11 is 1.91. The first-order valence-corrected chi connectivity index (χ1v) is 2.95. The third-order valence-electron chi connectivity index (χ3n) is 0.984. The van der Waals surface area contributed by atoms with Crippen molar-refractivity contribution in [2.75, 3.05) is 13.1 Å². The minimum atomic E-state index is -0.0300. The van der Waals surface area contributed by atoms with Crippen LogP contribution in [0.2, 0.25) is 0 Å². The monoisotopic (exact) mass is 199 g/mol. The van der Waals surface area contributed by atoms with Crippen LogP contribution in [0.4, 0.5) is 0 Å². The van der Waals surface area contributed by atoms with E-state index < -0.39 is 0 Å². The minimum absolute atomic E-state index is 0.0300. The van der Waals surface area contributed by atoms with Crippen molar-refractivity contribution in [1.82, 2.24) is 0 Å². The largest absolute Gasteiger partial charge is 0.625 e. The summed E-state index contributed by atoms with van der Waals surface area (Å²) in [5.74, 6) is 0. The number of hydroxylamine groups is 2. The van der Waals surface area contributed by atoms with Gasteiger partial charge in [-0.25, -0.2) is 0 Å². The topological polar surface area (TPSA) is 23.1 Å². The van der Waals surface area contributed by atoms with E-state index in [1.54, 1.807) is 0 Å². The van der Waals surface area contributed by atoms with Crippen LogP contribution in [0, 0.1) is 5.21 Å². The van der Waals surface area contributed by atoms with E-state index in [4.69, 9.17) is 0 Å². The normalized spacial score (nSPS) is 29.0. The van der Waals surface area contributed by atoms with Crippen LogP contribution in [-0.4, -0.2) is 15.9 Å². The Hall–Kier alpha value is 0.650. The fourth-order valence-electron chi connectivity index (χ4n) is 0.407. The van der Waals surface area contributed by atoms with Gasteiger partial charge in [0.25, 0.3) is 0 Å². The zero-order valence-electron chi connectivity index (χ0n) is 3.35.